The number of nitrogens with two attached hydrogens (primary N) is 2. The van der Waals surface area contributed by atoms with Crippen LogP contribution in [0.4, 0.5) is 16.0 Å². The number of hydrogen-bond acceptors (Lipinski definition) is 7. The van der Waals surface area contributed by atoms with E-state index < -0.39 is 29.4 Å². The average molecular weight is 506 g/mol. The summed E-state index contributed by atoms with van der Waals surface area (Å²) in [4.78, 5) is 46.6. The summed E-state index contributed by atoms with van der Waals surface area (Å²) in [7, 11) is 1.51. The lowest BCUT2D eigenvalue weighted by Gasteiger charge is -2.32. The molecule has 4 aromatic rings. The largest absolute Gasteiger partial charge is 0.398 e. The molecule has 4 N–H and O–H groups in total. The lowest BCUT2D eigenvalue weighted by molar-refractivity contribution is 0.0968. The predicted molar refractivity (Wildman–Crippen MR) is 139 cm³/mol. The Balaban J connectivity index is 1.69. The normalized spacial score (nSPS) is 15.9. The number of ketones is 1. The van der Waals surface area contributed by atoms with Gasteiger partial charge in [-0.25, -0.2) is 9.18 Å². The minimum atomic E-state index is -0.687. The first kappa shape index (κ1) is 24.4. The fraction of sp³-hybridized carbons (Fsp3) is 0.308. The molecule has 5 rings (SSSR count). The van der Waals surface area contributed by atoms with Crippen LogP contribution in [0.15, 0.2) is 58.1 Å². The van der Waals surface area contributed by atoms with Crippen LogP contribution >= 0.6 is 0 Å². The van der Waals surface area contributed by atoms with Crippen LogP contribution in [0, 0.1) is 5.82 Å². The van der Waals surface area contributed by atoms with Crippen molar-refractivity contribution in [2.45, 2.75) is 32.0 Å². The van der Waals surface area contributed by atoms with Crippen molar-refractivity contribution in [2.24, 2.45) is 12.8 Å². The summed E-state index contributed by atoms with van der Waals surface area (Å²) in [6, 6.07) is 12.4. The van der Waals surface area contributed by atoms with Crippen LogP contribution < -0.4 is 27.6 Å². The molecule has 10 nitrogen and oxygen atoms in total. The van der Waals surface area contributed by atoms with Crippen molar-refractivity contribution in [1.29, 1.82) is 0 Å². The molecule has 1 aliphatic rings. The van der Waals surface area contributed by atoms with Crippen LogP contribution in [0.25, 0.3) is 11.2 Å². The number of carbonyl (C=O) groups excluding carboxylic acids is 1. The second-order valence-corrected chi connectivity index (χ2v) is 9.38. The molecule has 0 radical (unpaired) electrons. The molecule has 2 aromatic heterocycles. The van der Waals surface area contributed by atoms with Crippen molar-refractivity contribution in [1.82, 2.24) is 18.7 Å². The third-order valence-electron chi connectivity index (χ3n) is 6.78. The Morgan fingerprint density at radius 1 is 1.14 bits per heavy atom. The highest BCUT2D eigenvalue weighted by Gasteiger charge is 2.27. The van der Waals surface area contributed by atoms with E-state index in [0.717, 1.165) is 29.0 Å². The maximum atomic E-state index is 13.8. The summed E-state index contributed by atoms with van der Waals surface area (Å²) in [5.74, 6) is -0.627. The standard InChI is InChI=1S/C26H28FN7O3/c1-31-23-22(24(36)34(26(31)37)15-21(35)16-7-4-8-18(27)12-16)33(13-17-6-2-3-10-20(17)29)25(30-23)32-11-5-9-19(28)14-32/h2-4,6-8,10,12,19H,5,9,11,13-15,28-29H2,1H3. The minimum absolute atomic E-state index is 0.0480. The van der Waals surface area contributed by atoms with E-state index in [-0.39, 0.29) is 29.3 Å². The Hall–Kier alpha value is -4.25. The van der Waals surface area contributed by atoms with E-state index in [4.69, 9.17) is 16.5 Å². The van der Waals surface area contributed by atoms with E-state index in [1.807, 2.05) is 23.1 Å². The molecule has 1 atom stereocenters. The topological polar surface area (TPSA) is 134 Å². The number of para-hydroxylation sites is 1. The summed E-state index contributed by atoms with van der Waals surface area (Å²) in [5, 5.41) is 0. The number of imidazole rings is 1. The molecule has 0 spiro atoms. The van der Waals surface area contributed by atoms with Gasteiger partial charge in [0.15, 0.2) is 16.9 Å². The average Bonchev–Trinajstić information content (AvgIpc) is 3.26. The Morgan fingerprint density at radius 3 is 2.65 bits per heavy atom. The number of halogens is 1. The van der Waals surface area contributed by atoms with Crippen molar-refractivity contribution in [3.63, 3.8) is 0 Å². The third kappa shape index (κ3) is 4.53. The molecule has 1 fully saturated rings. The number of aromatic nitrogens is 4. The van der Waals surface area contributed by atoms with Crippen LogP contribution in [-0.4, -0.2) is 43.6 Å². The van der Waals surface area contributed by atoms with Crippen LogP contribution in [0.3, 0.4) is 0 Å². The van der Waals surface area contributed by atoms with E-state index in [2.05, 4.69) is 0 Å². The summed E-state index contributed by atoms with van der Waals surface area (Å²) in [6.45, 7) is 0.943. The number of hydrogen-bond donors (Lipinski definition) is 2. The second-order valence-electron chi connectivity index (χ2n) is 9.38. The maximum absolute atomic E-state index is 13.8. The Labute approximate surface area is 211 Å². The fourth-order valence-corrected chi connectivity index (χ4v) is 4.83. The first-order valence-corrected chi connectivity index (χ1v) is 12.1. The number of anilines is 2. The molecule has 37 heavy (non-hydrogen) atoms. The van der Waals surface area contributed by atoms with Gasteiger partial charge in [-0.1, -0.05) is 30.3 Å². The summed E-state index contributed by atoms with van der Waals surface area (Å²) in [6.07, 6.45) is 1.75. The molecule has 0 saturated carbocycles. The highest BCUT2D eigenvalue weighted by Crippen LogP contribution is 2.25. The maximum Gasteiger partial charge on any atom is 0.332 e. The quantitative estimate of drug-likeness (QED) is 0.299. The number of carbonyl (C=O) groups is 1. The number of Topliss-reactive ketones (excluding diaryl/α,β-unsaturated/α-hetero) is 1. The number of fused-ring (bicyclic) bond motifs is 1. The number of piperidine rings is 1. The summed E-state index contributed by atoms with van der Waals surface area (Å²) >= 11 is 0. The highest BCUT2D eigenvalue weighted by molar-refractivity contribution is 5.96. The molecule has 0 aliphatic carbocycles. The van der Waals surface area contributed by atoms with Gasteiger partial charge < -0.3 is 16.4 Å². The van der Waals surface area contributed by atoms with Crippen molar-refractivity contribution in [3.8, 4) is 0 Å². The number of nitrogens with zero attached hydrogens (tertiary/aromatic N) is 5. The van der Waals surface area contributed by atoms with Gasteiger partial charge in [0.25, 0.3) is 5.56 Å². The van der Waals surface area contributed by atoms with Crippen molar-refractivity contribution < 1.29 is 9.18 Å². The zero-order chi connectivity index (χ0) is 26.3. The van der Waals surface area contributed by atoms with Gasteiger partial charge in [0, 0.05) is 37.4 Å². The zero-order valence-electron chi connectivity index (χ0n) is 20.4. The molecular weight excluding hydrogens is 477 g/mol. The SMILES string of the molecule is Cn1c(=O)n(CC(=O)c2cccc(F)c2)c(=O)c2c1nc(N1CCCC(N)C1)n2Cc1ccccc1N. The number of benzene rings is 2. The molecule has 192 valence electrons. The number of rotatable bonds is 6. The zero-order valence-corrected chi connectivity index (χ0v) is 20.4. The van der Waals surface area contributed by atoms with Gasteiger partial charge in [-0.2, -0.15) is 4.98 Å². The van der Waals surface area contributed by atoms with Crippen molar-refractivity contribution >= 4 is 28.6 Å². The van der Waals surface area contributed by atoms with Crippen molar-refractivity contribution in [2.75, 3.05) is 23.7 Å². The molecule has 2 aromatic carbocycles. The molecule has 1 aliphatic heterocycles. The highest BCUT2D eigenvalue weighted by atomic mass is 19.1. The first-order valence-electron chi connectivity index (χ1n) is 12.1. The summed E-state index contributed by atoms with van der Waals surface area (Å²) in [5.41, 5.74) is 12.9. The molecular formula is C26H28FN7O3. The van der Waals surface area contributed by atoms with Gasteiger partial charge in [0.05, 0.1) is 13.1 Å². The Kier molecular flexibility index (Phi) is 6.38. The summed E-state index contributed by atoms with van der Waals surface area (Å²) < 4.78 is 17.5. The smallest absolute Gasteiger partial charge is 0.332 e. The van der Waals surface area contributed by atoms with Gasteiger partial charge in [0.2, 0.25) is 5.95 Å². The van der Waals surface area contributed by atoms with Crippen LogP contribution in [0.5, 0.6) is 0 Å². The lowest BCUT2D eigenvalue weighted by atomic mass is 10.1. The van der Waals surface area contributed by atoms with E-state index in [1.165, 1.54) is 29.8 Å². The Bertz CT molecular complexity index is 1620. The van der Waals surface area contributed by atoms with Gasteiger partial charge in [-0.15, -0.1) is 0 Å². The van der Waals surface area contributed by atoms with Gasteiger partial charge in [-0.3, -0.25) is 23.3 Å². The van der Waals surface area contributed by atoms with Crippen LogP contribution in [-0.2, 0) is 20.1 Å². The molecule has 0 amide bonds. The predicted octanol–water partition coefficient (Wildman–Crippen LogP) is 1.48. The Morgan fingerprint density at radius 2 is 1.92 bits per heavy atom. The molecule has 1 unspecified atom stereocenters. The number of aryl methyl sites for hydroxylation is 1. The third-order valence-corrected chi connectivity index (χ3v) is 6.78. The van der Waals surface area contributed by atoms with Crippen LogP contribution in [0.1, 0.15) is 28.8 Å². The minimum Gasteiger partial charge on any atom is -0.398 e. The molecule has 11 heteroatoms. The fourth-order valence-electron chi connectivity index (χ4n) is 4.83. The second kappa shape index (κ2) is 9.66. The molecule has 1 saturated heterocycles. The van der Waals surface area contributed by atoms with Gasteiger partial charge in [-0.05, 0) is 36.6 Å². The van der Waals surface area contributed by atoms with E-state index in [9.17, 15) is 18.8 Å². The van der Waals surface area contributed by atoms with Gasteiger partial charge >= 0.3 is 5.69 Å². The monoisotopic (exact) mass is 505 g/mol. The molecule has 0 bridgehead atoms. The van der Waals surface area contributed by atoms with E-state index in [0.29, 0.717) is 24.7 Å². The van der Waals surface area contributed by atoms with Crippen molar-refractivity contribution in [3.05, 3.63) is 86.3 Å². The lowest BCUT2D eigenvalue weighted by Crippen LogP contribution is -2.44. The van der Waals surface area contributed by atoms with E-state index in [1.54, 1.807) is 10.6 Å². The molecule has 3 heterocycles. The van der Waals surface area contributed by atoms with Crippen LogP contribution in [0.2, 0.25) is 0 Å². The first-order chi connectivity index (χ1) is 17.7. The number of nitrogen functional groups attached to an aromatic ring is 1. The van der Waals surface area contributed by atoms with Gasteiger partial charge in [0.1, 0.15) is 5.82 Å². The van der Waals surface area contributed by atoms with E-state index >= 15 is 0 Å².